The van der Waals surface area contributed by atoms with Crippen molar-refractivity contribution in [1.82, 2.24) is 19.6 Å². The van der Waals surface area contributed by atoms with Gasteiger partial charge in [-0.1, -0.05) is 18.2 Å². The fraction of sp³-hybridized carbons (Fsp3) is 0.476. The number of nitrogens with zero attached hydrogens (tertiary/aromatic N) is 5. The molecule has 0 radical (unpaired) electrons. The first-order valence-electron chi connectivity index (χ1n) is 10.2. The summed E-state index contributed by atoms with van der Waals surface area (Å²) in [7, 11) is 0. The monoisotopic (exact) mass is 413 g/mol. The van der Waals surface area contributed by atoms with Crippen LogP contribution in [0.15, 0.2) is 30.5 Å². The number of amides is 1. The van der Waals surface area contributed by atoms with Crippen LogP contribution in [0.1, 0.15) is 21.6 Å². The smallest absolute Gasteiger partial charge is 0.356 e. The number of carbonyl (C=O) groups excluding carboxylic acids is 1. The molecule has 9 heteroatoms. The molecule has 2 fully saturated rings. The van der Waals surface area contributed by atoms with Crippen molar-refractivity contribution in [1.29, 1.82) is 0 Å². The predicted molar refractivity (Wildman–Crippen MR) is 111 cm³/mol. The van der Waals surface area contributed by atoms with E-state index in [-0.39, 0.29) is 11.7 Å². The Morgan fingerprint density at radius 2 is 1.80 bits per heavy atom. The highest BCUT2D eigenvalue weighted by Crippen LogP contribution is 2.27. The number of rotatable bonds is 4. The van der Waals surface area contributed by atoms with E-state index in [0.717, 1.165) is 50.6 Å². The molecule has 0 spiro atoms. The topological polar surface area (TPSA) is 91.1 Å². The third kappa shape index (κ3) is 4.31. The third-order valence-corrected chi connectivity index (χ3v) is 5.69. The van der Waals surface area contributed by atoms with Crippen LogP contribution in [0.3, 0.4) is 0 Å². The summed E-state index contributed by atoms with van der Waals surface area (Å²) in [6.07, 6.45) is 1.40. The van der Waals surface area contributed by atoms with Crippen LogP contribution in [0.4, 0.5) is 10.5 Å². The Balaban J connectivity index is 1.38. The first kappa shape index (κ1) is 20.4. The maximum atomic E-state index is 12.6. The van der Waals surface area contributed by atoms with Gasteiger partial charge >= 0.3 is 12.0 Å². The Kier molecular flexibility index (Phi) is 6.01. The molecule has 0 atom stereocenters. The third-order valence-electron chi connectivity index (χ3n) is 5.69. The van der Waals surface area contributed by atoms with Gasteiger partial charge in [0.25, 0.3) is 0 Å². The van der Waals surface area contributed by atoms with E-state index in [1.54, 1.807) is 4.90 Å². The Labute approximate surface area is 175 Å². The van der Waals surface area contributed by atoms with Crippen LogP contribution in [-0.2, 0) is 11.3 Å². The van der Waals surface area contributed by atoms with Gasteiger partial charge in [-0.25, -0.2) is 9.59 Å². The SMILES string of the molecule is Cc1cccc(CN2CCN(C(=O)n3ccc(C(=O)O)n3)CC2)c1N1CCOCC1. The zero-order chi connectivity index (χ0) is 21.1. The summed E-state index contributed by atoms with van der Waals surface area (Å²) in [5, 5.41) is 12.8. The number of aryl methyl sites for hydroxylation is 1. The number of hydrogen-bond donors (Lipinski definition) is 1. The fourth-order valence-electron chi connectivity index (χ4n) is 4.11. The van der Waals surface area contributed by atoms with Gasteiger partial charge in [0, 0.05) is 57.7 Å². The molecule has 0 bridgehead atoms. The van der Waals surface area contributed by atoms with Crippen LogP contribution in [0.2, 0.25) is 0 Å². The average Bonchev–Trinajstić information content (AvgIpc) is 3.25. The molecule has 9 nitrogen and oxygen atoms in total. The highest BCUT2D eigenvalue weighted by atomic mass is 16.5. The number of para-hydroxylation sites is 1. The number of hydrogen-bond acceptors (Lipinski definition) is 6. The van der Waals surface area contributed by atoms with Crippen molar-refractivity contribution in [3.63, 3.8) is 0 Å². The van der Waals surface area contributed by atoms with E-state index in [2.05, 4.69) is 40.0 Å². The second-order valence-electron chi connectivity index (χ2n) is 7.68. The number of carboxylic acid groups (broad SMARTS) is 1. The Hall–Kier alpha value is -2.91. The van der Waals surface area contributed by atoms with E-state index in [1.807, 2.05) is 0 Å². The quantitative estimate of drug-likeness (QED) is 0.812. The predicted octanol–water partition coefficient (Wildman–Crippen LogP) is 1.51. The number of benzene rings is 1. The highest BCUT2D eigenvalue weighted by Gasteiger charge is 2.25. The van der Waals surface area contributed by atoms with Gasteiger partial charge in [0.05, 0.1) is 13.2 Å². The molecule has 160 valence electrons. The van der Waals surface area contributed by atoms with E-state index < -0.39 is 5.97 Å². The molecule has 0 unspecified atom stereocenters. The van der Waals surface area contributed by atoms with Crippen molar-refractivity contribution in [2.75, 3.05) is 57.4 Å². The van der Waals surface area contributed by atoms with E-state index >= 15 is 0 Å². The molecule has 2 aliphatic rings. The number of carbonyl (C=O) groups is 2. The summed E-state index contributed by atoms with van der Waals surface area (Å²) in [4.78, 5) is 30.1. The average molecular weight is 413 g/mol. The lowest BCUT2D eigenvalue weighted by Gasteiger charge is -2.36. The maximum Gasteiger partial charge on any atom is 0.356 e. The van der Waals surface area contributed by atoms with Crippen molar-refractivity contribution in [2.45, 2.75) is 13.5 Å². The molecule has 2 aliphatic heterocycles. The number of aromatic carboxylic acids is 1. The minimum atomic E-state index is -1.14. The van der Waals surface area contributed by atoms with Crippen molar-refractivity contribution in [3.05, 3.63) is 47.3 Å². The Morgan fingerprint density at radius 1 is 1.07 bits per heavy atom. The van der Waals surface area contributed by atoms with Gasteiger partial charge in [-0.15, -0.1) is 0 Å². The van der Waals surface area contributed by atoms with Gasteiger partial charge in [0.1, 0.15) is 0 Å². The van der Waals surface area contributed by atoms with Gasteiger partial charge < -0.3 is 19.6 Å². The zero-order valence-electron chi connectivity index (χ0n) is 17.2. The van der Waals surface area contributed by atoms with Gasteiger partial charge in [-0.05, 0) is 24.1 Å². The minimum Gasteiger partial charge on any atom is -0.476 e. The number of ether oxygens (including phenoxy) is 1. The lowest BCUT2D eigenvalue weighted by atomic mass is 10.1. The molecule has 0 aliphatic carbocycles. The Morgan fingerprint density at radius 3 is 2.47 bits per heavy atom. The summed E-state index contributed by atoms with van der Waals surface area (Å²) in [5.74, 6) is -1.14. The number of morpholine rings is 1. The molecule has 1 aromatic carbocycles. The van der Waals surface area contributed by atoms with E-state index in [1.165, 1.54) is 29.1 Å². The lowest BCUT2D eigenvalue weighted by molar-refractivity contribution is 0.0689. The summed E-state index contributed by atoms with van der Waals surface area (Å²) in [5.41, 5.74) is 3.75. The number of anilines is 1. The first-order chi connectivity index (χ1) is 14.5. The Bertz CT molecular complexity index is 914. The largest absolute Gasteiger partial charge is 0.476 e. The van der Waals surface area contributed by atoms with Crippen LogP contribution < -0.4 is 4.90 Å². The number of piperazine rings is 1. The molecular formula is C21H27N5O4. The normalized spacial score (nSPS) is 17.9. The summed E-state index contributed by atoms with van der Waals surface area (Å²) >= 11 is 0. The first-order valence-corrected chi connectivity index (χ1v) is 10.2. The minimum absolute atomic E-state index is 0.128. The molecule has 30 heavy (non-hydrogen) atoms. The highest BCUT2D eigenvalue weighted by molar-refractivity contribution is 5.86. The van der Waals surface area contributed by atoms with Crippen molar-refractivity contribution in [2.24, 2.45) is 0 Å². The summed E-state index contributed by atoms with van der Waals surface area (Å²) < 4.78 is 6.61. The second kappa shape index (κ2) is 8.85. The molecule has 0 saturated carbocycles. The van der Waals surface area contributed by atoms with Crippen molar-refractivity contribution in [3.8, 4) is 0 Å². The molecule has 3 heterocycles. The molecule has 4 rings (SSSR count). The van der Waals surface area contributed by atoms with Gasteiger partial charge in [-0.2, -0.15) is 9.78 Å². The zero-order valence-corrected chi connectivity index (χ0v) is 17.2. The second-order valence-corrected chi connectivity index (χ2v) is 7.68. The number of carboxylic acids is 1. The lowest BCUT2D eigenvalue weighted by Crippen LogP contribution is -2.49. The van der Waals surface area contributed by atoms with Gasteiger partial charge in [0.15, 0.2) is 5.69 Å². The molecule has 2 saturated heterocycles. The van der Waals surface area contributed by atoms with Crippen LogP contribution in [-0.4, -0.2) is 89.2 Å². The van der Waals surface area contributed by atoms with E-state index in [9.17, 15) is 9.59 Å². The fourth-order valence-corrected chi connectivity index (χ4v) is 4.11. The molecule has 1 amide bonds. The van der Waals surface area contributed by atoms with Gasteiger partial charge in [0.2, 0.25) is 0 Å². The van der Waals surface area contributed by atoms with Crippen LogP contribution in [0.5, 0.6) is 0 Å². The molecule has 2 aromatic rings. The van der Waals surface area contributed by atoms with Crippen LogP contribution >= 0.6 is 0 Å². The molecular weight excluding hydrogens is 386 g/mol. The number of aromatic nitrogens is 2. The molecule has 1 aromatic heterocycles. The summed E-state index contributed by atoms with van der Waals surface area (Å²) in [6.45, 7) is 8.99. The van der Waals surface area contributed by atoms with Crippen molar-refractivity contribution < 1.29 is 19.4 Å². The van der Waals surface area contributed by atoms with Gasteiger partial charge in [-0.3, -0.25) is 4.90 Å². The standard InChI is InChI=1S/C21H27N5O4/c1-16-3-2-4-17(19(16)24-11-13-30-14-12-24)15-23-7-9-25(10-8-23)21(29)26-6-5-18(22-26)20(27)28/h2-6H,7-15H2,1H3,(H,27,28). The van der Waals surface area contributed by atoms with E-state index in [0.29, 0.717) is 13.1 Å². The molecule has 1 N–H and O–H groups in total. The van der Waals surface area contributed by atoms with E-state index in [4.69, 9.17) is 9.84 Å². The summed E-state index contributed by atoms with van der Waals surface area (Å²) in [6, 6.07) is 7.49. The van der Waals surface area contributed by atoms with Crippen LogP contribution in [0, 0.1) is 6.92 Å². The van der Waals surface area contributed by atoms with Crippen LogP contribution in [0.25, 0.3) is 0 Å². The maximum absolute atomic E-state index is 12.6. The van der Waals surface area contributed by atoms with Crippen molar-refractivity contribution >= 4 is 17.7 Å².